The lowest BCUT2D eigenvalue weighted by molar-refractivity contribution is -0.139. The molecule has 0 fully saturated rings. The maximum Gasteiger partial charge on any atom is 0.264 e. The number of rotatable bonds is 13. The number of nitrogens with one attached hydrogen (secondary N) is 1. The van der Waals surface area contributed by atoms with E-state index in [1.807, 2.05) is 45.0 Å². The van der Waals surface area contributed by atoms with Gasteiger partial charge in [0.25, 0.3) is 10.0 Å². The molecule has 0 radical (unpaired) electrons. The van der Waals surface area contributed by atoms with Crippen LogP contribution in [0.25, 0.3) is 0 Å². The summed E-state index contributed by atoms with van der Waals surface area (Å²) in [6.45, 7) is 8.03. The van der Waals surface area contributed by atoms with E-state index in [0.717, 1.165) is 21.9 Å². The second-order valence-electron chi connectivity index (χ2n) is 9.17. The summed E-state index contributed by atoms with van der Waals surface area (Å²) in [5.74, 6) is -0.199. The van der Waals surface area contributed by atoms with Gasteiger partial charge in [0, 0.05) is 13.1 Å². The van der Waals surface area contributed by atoms with E-state index in [1.165, 1.54) is 17.0 Å². The highest BCUT2D eigenvalue weighted by Gasteiger charge is 2.32. The third-order valence-corrected chi connectivity index (χ3v) is 8.15. The van der Waals surface area contributed by atoms with Crippen molar-refractivity contribution in [1.82, 2.24) is 10.2 Å². The molecule has 0 saturated heterocycles. The molecule has 0 saturated carbocycles. The number of benzene rings is 3. The minimum atomic E-state index is -4.10. The molecule has 0 aliphatic heterocycles. The molecule has 0 aliphatic rings. The zero-order chi connectivity index (χ0) is 28.4. The summed E-state index contributed by atoms with van der Waals surface area (Å²) in [6.07, 6.45) is 0.755. The summed E-state index contributed by atoms with van der Waals surface area (Å²) < 4.78 is 34.2. The highest BCUT2D eigenvalue weighted by Crippen LogP contribution is 2.26. The summed E-state index contributed by atoms with van der Waals surface area (Å²) in [6, 6.07) is 21.3. The number of ether oxygens (including phenoxy) is 1. The summed E-state index contributed by atoms with van der Waals surface area (Å²) >= 11 is 0. The molecule has 0 aliphatic carbocycles. The maximum absolute atomic E-state index is 13.9. The minimum absolute atomic E-state index is 0.0610. The van der Waals surface area contributed by atoms with Gasteiger partial charge >= 0.3 is 0 Å². The molecule has 208 valence electrons. The first-order valence-electron chi connectivity index (χ1n) is 13.1. The minimum Gasteiger partial charge on any atom is -0.494 e. The summed E-state index contributed by atoms with van der Waals surface area (Å²) in [7, 11) is -4.10. The number of hydrogen-bond acceptors (Lipinski definition) is 5. The molecule has 3 aromatic rings. The number of amides is 2. The summed E-state index contributed by atoms with van der Waals surface area (Å²) in [4.78, 5) is 28.4. The molecule has 3 aromatic carbocycles. The van der Waals surface area contributed by atoms with Gasteiger partial charge in [-0.15, -0.1) is 0 Å². The first-order valence-corrected chi connectivity index (χ1v) is 14.5. The Morgan fingerprint density at radius 3 is 2.18 bits per heavy atom. The van der Waals surface area contributed by atoms with Crippen molar-refractivity contribution in [3.05, 3.63) is 90.0 Å². The number of carbonyl (C=O) groups excluding carboxylic acids is 2. The first kappa shape index (κ1) is 29.7. The van der Waals surface area contributed by atoms with Crippen molar-refractivity contribution in [3.8, 4) is 5.75 Å². The predicted molar refractivity (Wildman–Crippen MR) is 153 cm³/mol. The molecule has 0 unspecified atom stereocenters. The zero-order valence-corrected chi connectivity index (χ0v) is 23.8. The van der Waals surface area contributed by atoms with Crippen molar-refractivity contribution < 1.29 is 22.7 Å². The molecule has 3 rings (SSSR count). The Kier molecular flexibility index (Phi) is 10.5. The van der Waals surface area contributed by atoms with Crippen LogP contribution in [0.15, 0.2) is 83.8 Å². The van der Waals surface area contributed by atoms with Crippen molar-refractivity contribution in [2.24, 2.45) is 0 Å². The number of aryl methyl sites for hydroxylation is 1. The standard InChI is InChI=1S/C30H37N3O5S/c1-5-20-31-30(35)24(4)32(21-25-13-11-10-12-23(25)3)29(34)22-33(26-16-18-27(19-17-26)38-6-2)39(36,37)28-14-8-7-9-15-28/h7-19,24H,5-6,20-22H2,1-4H3,(H,31,35)/t24-/m0/s1. The fourth-order valence-corrected chi connectivity index (χ4v) is 5.51. The second kappa shape index (κ2) is 13.8. The van der Waals surface area contributed by atoms with Gasteiger partial charge in [0.05, 0.1) is 17.2 Å². The Hall–Kier alpha value is -3.85. The van der Waals surface area contributed by atoms with Gasteiger partial charge in [0.1, 0.15) is 18.3 Å². The smallest absolute Gasteiger partial charge is 0.264 e. The van der Waals surface area contributed by atoms with Crippen LogP contribution in [0.4, 0.5) is 5.69 Å². The van der Waals surface area contributed by atoms with Crippen LogP contribution >= 0.6 is 0 Å². The van der Waals surface area contributed by atoms with Crippen molar-refractivity contribution in [1.29, 1.82) is 0 Å². The van der Waals surface area contributed by atoms with Gasteiger partial charge in [-0.3, -0.25) is 13.9 Å². The van der Waals surface area contributed by atoms with Crippen LogP contribution in [-0.2, 0) is 26.2 Å². The summed E-state index contributed by atoms with van der Waals surface area (Å²) in [5, 5.41) is 2.85. The Morgan fingerprint density at radius 1 is 0.923 bits per heavy atom. The SMILES string of the molecule is CCCNC(=O)[C@H](C)N(Cc1ccccc1C)C(=O)CN(c1ccc(OCC)cc1)S(=O)(=O)c1ccccc1. The van der Waals surface area contributed by atoms with Gasteiger partial charge in [0.15, 0.2) is 0 Å². The number of anilines is 1. The van der Waals surface area contributed by atoms with Crippen molar-refractivity contribution in [2.45, 2.75) is 51.6 Å². The zero-order valence-electron chi connectivity index (χ0n) is 23.0. The predicted octanol–water partition coefficient (Wildman–Crippen LogP) is 4.53. The first-order chi connectivity index (χ1) is 18.7. The van der Waals surface area contributed by atoms with Crippen LogP contribution in [0.3, 0.4) is 0 Å². The molecule has 2 amide bonds. The van der Waals surface area contributed by atoms with Crippen LogP contribution in [0.1, 0.15) is 38.3 Å². The quantitative estimate of drug-likeness (QED) is 0.337. The van der Waals surface area contributed by atoms with Crippen LogP contribution < -0.4 is 14.4 Å². The van der Waals surface area contributed by atoms with Gasteiger partial charge in [-0.25, -0.2) is 8.42 Å². The Balaban J connectivity index is 2.01. The van der Waals surface area contributed by atoms with E-state index in [0.29, 0.717) is 24.6 Å². The number of sulfonamides is 1. The number of hydrogen-bond donors (Lipinski definition) is 1. The molecule has 0 spiro atoms. The maximum atomic E-state index is 13.9. The lowest BCUT2D eigenvalue weighted by atomic mass is 10.1. The molecule has 0 bridgehead atoms. The van der Waals surface area contributed by atoms with Crippen molar-refractivity contribution in [2.75, 3.05) is 24.0 Å². The normalized spacial score (nSPS) is 11.9. The van der Waals surface area contributed by atoms with Gasteiger partial charge in [0.2, 0.25) is 11.8 Å². The average Bonchev–Trinajstić information content (AvgIpc) is 2.94. The monoisotopic (exact) mass is 551 g/mol. The molecule has 0 heterocycles. The van der Waals surface area contributed by atoms with Crippen molar-refractivity contribution >= 4 is 27.5 Å². The third-order valence-electron chi connectivity index (χ3n) is 6.36. The van der Waals surface area contributed by atoms with Crippen LogP contribution in [0.2, 0.25) is 0 Å². The average molecular weight is 552 g/mol. The fourth-order valence-electron chi connectivity index (χ4n) is 4.07. The van der Waals surface area contributed by atoms with Gasteiger partial charge < -0.3 is 15.0 Å². The van der Waals surface area contributed by atoms with E-state index in [2.05, 4.69) is 5.32 Å². The lowest BCUT2D eigenvalue weighted by Crippen LogP contribution is -2.51. The fraction of sp³-hybridized carbons (Fsp3) is 0.333. The Morgan fingerprint density at radius 2 is 1.56 bits per heavy atom. The molecular formula is C30H37N3O5S. The van der Waals surface area contributed by atoms with Gasteiger partial charge in [-0.05, 0) is 74.7 Å². The second-order valence-corrected chi connectivity index (χ2v) is 11.0. The number of carbonyl (C=O) groups is 2. The molecule has 9 heteroatoms. The van der Waals surface area contributed by atoms with Crippen LogP contribution in [-0.4, -0.2) is 50.9 Å². The molecular weight excluding hydrogens is 514 g/mol. The molecule has 1 N–H and O–H groups in total. The van der Waals surface area contributed by atoms with Crippen LogP contribution in [0, 0.1) is 6.92 Å². The Bertz CT molecular complexity index is 1340. The summed E-state index contributed by atoms with van der Waals surface area (Å²) in [5.41, 5.74) is 2.16. The van der Waals surface area contributed by atoms with E-state index in [4.69, 9.17) is 4.74 Å². The van der Waals surface area contributed by atoms with E-state index >= 15 is 0 Å². The van der Waals surface area contributed by atoms with Gasteiger partial charge in [-0.1, -0.05) is 49.4 Å². The van der Waals surface area contributed by atoms with Crippen LogP contribution in [0.5, 0.6) is 5.75 Å². The highest BCUT2D eigenvalue weighted by atomic mass is 32.2. The van der Waals surface area contributed by atoms with E-state index < -0.39 is 28.5 Å². The van der Waals surface area contributed by atoms with E-state index in [-0.39, 0.29) is 17.3 Å². The molecule has 39 heavy (non-hydrogen) atoms. The highest BCUT2D eigenvalue weighted by molar-refractivity contribution is 7.92. The number of nitrogens with zero attached hydrogens (tertiary/aromatic N) is 2. The largest absolute Gasteiger partial charge is 0.494 e. The molecule has 8 nitrogen and oxygen atoms in total. The topological polar surface area (TPSA) is 96.0 Å². The molecule has 0 aromatic heterocycles. The van der Waals surface area contributed by atoms with Crippen molar-refractivity contribution in [3.63, 3.8) is 0 Å². The lowest BCUT2D eigenvalue weighted by Gasteiger charge is -2.32. The van der Waals surface area contributed by atoms with E-state index in [9.17, 15) is 18.0 Å². The molecule has 1 atom stereocenters. The Labute approximate surface area is 231 Å². The van der Waals surface area contributed by atoms with Gasteiger partial charge in [-0.2, -0.15) is 0 Å². The van der Waals surface area contributed by atoms with E-state index in [1.54, 1.807) is 49.4 Å². The third kappa shape index (κ3) is 7.60.